The van der Waals surface area contributed by atoms with Crippen molar-refractivity contribution in [3.05, 3.63) is 12.0 Å². The monoisotopic (exact) mass is 316 g/mol. The van der Waals surface area contributed by atoms with Gasteiger partial charge in [0.25, 0.3) is 6.01 Å². The summed E-state index contributed by atoms with van der Waals surface area (Å²) in [6, 6.07) is 0.574. The molecule has 0 aliphatic carbocycles. The summed E-state index contributed by atoms with van der Waals surface area (Å²) in [5.74, 6) is 0.598. The fourth-order valence-electron chi connectivity index (χ4n) is 2.22. The smallest absolute Gasteiger partial charge is 0.297 e. The Morgan fingerprint density at radius 3 is 2.57 bits per heavy atom. The normalized spacial score (nSPS) is 17.6. The second kappa shape index (κ2) is 6.76. The molecule has 0 bridgehead atoms. The van der Waals surface area contributed by atoms with Crippen molar-refractivity contribution in [3.63, 3.8) is 0 Å². The zero-order chi connectivity index (χ0) is 15.5. The molecule has 120 valence electrons. The highest BCUT2D eigenvalue weighted by atomic mass is 32.2. The van der Waals surface area contributed by atoms with E-state index in [9.17, 15) is 8.42 Å². The van der Waals surface area contributed by atoms with Gasteiger partial charge in [-0.1, -0.05) is 13.8 Å². The number of aromatic nitrogens is 1. The summed E-state index contributed by atoms with van der Waals surface area (Å²) >= 11 is 0. The molecule has 0 saturated carbocycles. The van der Waals surface area contributed by atoms with Gasteiger partial charge in [-0.3, -0.25) is 0 Å². The van der Waals surface area contributed by atoms with Crippen LogP contribution in [0.5, 0.6) is 0 Å². The number of anilines is 1. The predicted molar refractivity (Wildman–Crippen MR) is 81.7 cm³/mol. The lowest BCUT2D eigenvalue weighted by atomic mass is 10.2. The van der Waals surface area contributed by atoms with Crippen molar-refractivity contribution in [2.45, 2.75) is 20.4 Å². The molecule has 7 nitrogen and oxygen atoms in total. The average Bonchev–Trinajstić information content (AvgIpc) is 2.86. The van der Waals surface area contributed by atoms with Crippen LogP contribution in [0.25, 0.3) is 0 Å². The van der Waals surface area contributed by atoms with Gasteiger partial charge in [-0.25, -0.2) is 8.42 Å². The van der Waals surface area contributed by atoms with Crippen LogP contribution in [0.4, 0.5) is 6.01 Å². The van der Waals surface area contributed by atoms with Gasteiger partial charge in [0.2, 0.25) is 10.0 Å². The van der Waals surface area contributed by atoms with Gasteiger partial charge in [-0.05, 0) is 12.5 Å². The molecule has 2 rings (SSSR count). The van der Waals surface area contributed by atoms with Gasteiger partial charge in [-0.2, -0.15) is 9.29 Å². The summed E-state index contributed by atoms with van der Waals surface area (Å²) in [6.45, 7) is 8.09. The lowest BCUT2D eigenvalue weighted by Gasteiger charge is -2.32. The second-order valence-electron chi connectivity index (χ2n) is 5.80. The third kappa shape index (κ3) is 4.69. The molecule has 1 aliphatic rings. The Morgan fingerprint density at radius 2 is 2.00 bits per heavy atom. The van der Waals surface area contributed by atoms with Gasteiger partial charge in [-0.15, -0.1) is 0 Å². The van der Waals surface area contributed by atoms with Crippen molar-refractivity contribution in [3.8, 4) is 0 Å². The molecular weight excluding hydrogens is 292 g/mol. The summed E-state index contributed by atoms with van der Waals surface area (Å²) in [6.07, 6.45) is 2.90. The Labute approximate surface area is 126 Å². The predicted octanol–water partition coefficient (Wildman–Crippen LogP) is 0.502. The first-order valence-corrected chi connectivity index (χ1v) is 9.06. The summed E-state index contributed by atoms with van der Waals surface area (Å²) in [4.78, 5) is 6.43. The van der Waals surface area contributed by atoms with E-state index in [1.807, 2.05) is 4.90 Å². The van der Waals surface area contributed by atoms with Crippen molar-refractivity contribution in [1.82, 2.24) is 14.6 Å². The summed E-state index contributed by atoms with van der Waals surface area (Å²) in [5.41, 5.74) is 0.871. The van der Waals surface area contributed by atoms with Crippen LogP contribution in [0.1, 0.15) is 19.5 Å². The average molecular weight is 316 g/mol. The fraction of sp³-hybridized carbons (Fsp3) is 0.769. The SMILES string of the molecule is CC(C)CNCc1coc(N2CCN(S(C)(=O)=O)CC2)n1. The zero-order valence-corrected chi connectivity index (χ0v) is 13.7. The van der Waals surface area contributed by atoms with Gasteiger partial charge in [0, 0.05) is 32.7 Å². The van der Waals surface area contributed by atoms with E-state index in [1.54, 1.807) is 6.26 Å². The molecule has 2 heterocycles. The van der Waals surface area contributed by atoms with Crippen molar-refractivity contribution in [2.24, 2.45) is 5.92 Å². The quantitative estimate of drug-likeness (QED) is 0.823. The second-order valence-corrected chi connectivity index (χ2v) is 7.78. The molecule has 1 aromatic heterocycles. The van der Waals surface area contributed by atoms with E-state index in [1.165, 1.54) is 10.6 Å². The van der Waals surface area contributed by atoms with Crippen LogP contribution < -0.4 is 10.2 Å². The van der Waals surface area contributed by atoms with E-state index in [-0.39, 0.29) is 0 Å². The molecule has 0 radical (unpaired) electrons. The molecular formula is C13H24N4O3S. The largest absolute Gasteiger partial charge is 0.432 e. The molecule has 0 amide bonds. The highest BCUT2D eigenvalue weighted by Gasteiger charge is 2.25. The van der Waals surface area contributed by atoms with Gasteiger partial charge >= 0.3 is 0 Å². The maximum Gasteiger partial charge on any atom is 0.297 e. The molecule has 0 atom stereocenters. The first-order chi connectivity index (χ1) is 9.86. The van der Waals surface area contributed by atoms with E-state index in [4.69, 9.17) is 4.42 Å². The highest BCUT2D eigenvalue weighted by molar-refractivity contribution is 7.88. The van der Waals surface area contributed by atoms with E-state index in [2.05, 4.69) is 24.1 Å². The molecule has 21 heavy (non-hydrogen) atoms. The van der Waals surface area contributed by atoms with Crippen LogP contribution in [0.15, 0.2) is 10.7 Å². The Morgan fingerprint density at radius 1 is 1.33 bits per heavy atom. The van der Waals surface area contributed by atoms with Gasteiger partial charge < -0.3 is 14.6 Å². The maximum absolute atomic E-state index is 11.5. The standard InChI is InChI=1S/C13H24N4O3S/c1-11(2)8-14-9-12-10-20-13(15-12)16-4-6-17(7-5-16)21(3,18)19/h10-11,14H,4-9H2,1-3H3. The van der Waals surface area contributed by atoms with Gasteiger partial charge in [0.1, 0.15) is 6.26 Å². The van der Waals surface area contributed by atoms with Crippen LogP contribution in [0.3, 0.4) is 0 Å². The van der Waals surface area contributed by atoms with Crippen LogP contribution in [-0.4, -0.2) is 56.7 Å². The maximum atomic E-state index is 11.5. The van der Waals surface area contributed by atoms with E-state index in [0.29, 0.717) is 44.7 Å². The molecule has 0 aromatic carbocycles. The summed E-state index contributed by atoms with van der Waals surface area (Å²) in [5, 5.41) is 3.32. The Balaban J connectivity index is 1.85. The molecule has 1 aliphatic heterocycles. The Hall–Kier alpha value is -1.12. The van der Waals surface area contributed by atoms with Crippen molar-refractivity contribution >= 4 is 16.0 Å². The minimum atomic E-state index is -3.10. The van der Waals surface area contributed by atoms with Crippen molar-refractivity contribution in [1.29, 1.82) is 0 Å². The minimum absolute atomic E-state index is 0.474. The van der Waals surface area contributed by atoms with Crippen LogP contribution in [0.2, 0.25) is 0 Å². The number of piperazine rings is 1. The molecule has 1 fully saturated rings. The van der Waals surface area contributed by atoms with E-state index >= 15 is 0 Å². The topological polar surface area (TPSA) is 78.7 Å². The fourth-order valence-corrected chi connectivity index (χ4v) is 3.05. The molecule has 0 unspecified atom stereocenters. The first-order valence-electron chi connectivity index (χ1n) is 7.21. The summed E-state index contributed by atoms with van der Waals surface area (Å²) < 4.78 is 29.9. The minimum Gasteiger partial charge on any atom is -0.432 e. The number of hydrogen-bond donors (Lipinski definition) is 1. The highest BCUT2D eigenvalue weighted by Crippen LogP contribution is 2.16. The van der Waals surface area contributed by atoms with Gasteiger partial charge in [0.15, 0.2) is 0 Å². The van der Waals surface area contributed by atoms with E-state index < -0.39 is 10.0 Å². The lowest BCUT2D eigenvalue weighted by Crippen LogP contribution is -2.48. The van der Waals surface area contributed by atoms with E-state index in [0.717, 1.165) is 12.2 Å². The zero-order valence-electron chi connectivity index (χ0n) is 12.9. The first kappa shape index (κ1) is 16.3. The Bertz CT molecular complexity index is 548. The molecule has 1 N–H and O–H groups in total. The number of sulfonamides is 1. The molecule has 1 aromatic rings. The van der Waals surface area contributed by atoms with Crippen LogP contribution >= 0.6 is 0 Å². The Kier molecular flexibility index (Phi) is 5.23. The summed E-state index contributed by atoms with van der Waals surface area (Å²) in [7, 11) is -3.10. The molecule has 8 heteroatoms. The molecule has 1 saturated heterocycles. The lowest BCUT2D eigenvalue weighted by molar-refractivity contribution is 0.374. The third-order valence-electron chi connectivity index (χ3n) is 3.38. The van der Waals surface area contributed by atoms with Gasteiger partial charge in [0.05, 0.1) is 11.9 Å². The molecule has 0 spiro atoms. The number of rotatable bonds is 6. The number of oxazole rings is 1. The van der Waals surface area contributed by atoms with Crippen LogP contribution in [-0.2, 0) is 16.6 Å². The van der Waals surface area contributed by atoms with Crippen LogP contribution in [0, 0.1) is 5.92 Å². The third-order valence-corrected chi connectivity index (χ3v) is 4.68. The number of nitrogens with one attached hydrogen (secondary N) is 1. The van der Waals surface area contributed by atoms with Crippen molar-refractivity contribution in [2.75, 3.05) is 43.9 Å². The number of nitrogens with zero attached hydrogens (tertiary/aromatic N) is 3. The van der Waals surface area contributed by atoms with Crippen molar-refractivity contribution < 1.29 is 12.8 Å². The number of hydrogen-bond acceptors (Lipinski definition) is 6.